The van der Waals surface area contributed by atoms with Gasteiger partial charge in [-0.25, -0.2) is 0 Å². The molecule has 19 heavy (non-hydrogen) atoms. The molecule has 108 valence electrons. The van der Waals surface area contributed by atoms with Gasteiger partial charge in [0.15, 0.2) is 0 Å². The van der Waals surface area contributed by atoms with Crippen molar-refractivity contribution < 1.29 is 5.11 Å². The Hall–Kier alpha value is -1.06. The molecule has 0 saturated carbocycles. The van der Waals surface area contributed by atoms with Crippen LogP contribution in [0.3, 0.4) is 0 Å². The minimum absolute atomic E-state index is 0.281. The lowest BCUT2D eigenvalue weighted by Crippen LogP contribution is -2.36. The van der Waals surface area contributed by atoms with Crippen LogP contribution in [-0.2, 0) is 6.42 Å². The summed E-state index contributed by atoms with van der Waals surface area (Å²) in [5.74, 6) is 0.869. The van der Waals surface area contributed by atoms with Gasteiger partial charge in [0, 0.05) is 12.1 Å². The summed E-state index contributed by atoms with van der Waals surface area (Å²) in [6.07, 6.45) is 2.03. The highest BCUT2D eigenvalue weighted by Gasteiger charge is 2.13. The average molecular weight is 264 g/mol. The van der Waals surface area contributed by atoms with E-state index in [0.29, 0.717) is 17.7 Å². The quantitative estimate of drug-likeness (QED) is 0.796. The number of benzene rings is 1. The zero-order valence-electron chi connectivity index (χ0n) is 12.6. The average Bonchev–Trinajstić information content (AvgIpc) is 2.37. The third-order valence-corrected chi connectivity index (χ3v) is 3.89. The second-order valence-electron chi connectivity index (χ2n) is 5.90. The highest BCUT2D eigenvalue weighted by atomic mass is 16.3. The summed E-state index contributed by atoms with van der Waals surface area (Å²) in [5.41, 5.74) is 7.33. The minimum atomic E-state index is 0.281. The van der Waals surface area contributed by atoms with Gasteiger partial charge >= 0.3 is 0 Å². The third kappa shape index (κ3) is 5.62. The minimum Gasteiger partial charge on any atom is -0.508 e. The van der Waals surface area contributed by atoms with Crippen LogP contribution in [0.15, 0.2) is 24.3 Å². The van der Waals surface area contributed by atoms with Crippen molar-refractivity contribution >= 4 is 0 Å². The van der Waals surface area contributed by atoms with E-state index >= 15 is 0 Å². The van der Waals surface area contributed by atoms with Crippen LogP contribution in [0.2, 0.25) is 0 Å². The zero-order valence-corrected chi connectivity index (χ0v) is 12.6. The molecule has 0 aromatic heterocycles. The number of phenols is 1. The van der Waals surface area contributed by atoms with Crippen molar-refractivity contribution in [2.75, 3.05) is 13.6 Å². The fourth-order valence-electron chi connectivity index (χ4n) is 2.04. The van der Waals surface area contributed by atoms with E-state index in [9.17, 15) is 5.11 Å². The van der Waals surface area contributed by atoms with Crippen molar-refractivity contribution in [2.24, 2.45) is 11.7 Å². The van der Waals surface area contributed by atoms with E-state index in [2.05, 4.69) is 32.7 Å². The number of likely N-dealkylation sites (N-methyl/N-ethyl adjacent to an activating group) is 1. The molecule has 0 bridgehead atoms. The van der Waals surface area contributed by atoms with Crippen LogP contribution in [-0.4, -0.2) is 35.7 Å². The van der Waals surface area contributed by atoms with Gasteiger partial charge in [-0.3, -0.25) is 0 Å². The van der Waals surface area contributed by atoms with Gasteiger partial charge in [-0.05, 0) is 57.0 Å². The standard InChI is InChI=1S/C16H28N2O/c1-12(2)16(17)9-10-18(4)13(3)11-14-5-7-15(19)8-6-14/h5-8,12-13,16,19H,9-11,17H2,1-4H3. The first-order valence-corrected chi connectivity index (χ1v) is 7.14. The maximum Gasteiger partial charge on any atom is 0.115 e. The molecule has 1 aromatic rings. The Labute approximate surface area is 117 Å². The second-order valence-corrected chi connectivity index (χ2v) is 5.90. The van der Waals surface area contributed by atoms with Crippen LogP contribution in [0.5, 0.6) is 5.75 Å². The van der Waals surface area contributed by atoms with E-state index in [1.807, 2.05) is 12.1 Å². The summed E-state index contributed by atoms with van der Waals surface area (Å²) in [6, 6.07) is 8.22. The molecule has 0 aliphatic rings. The van der Waals surface area contributed by atoms with Crippen molar-refractivity contribution in [3.05, 3.63) is 29.8 Å². The first kappa shape index (κ1) is 16.0. The molecule has 0 spiro atoms. The molecular weight excluding hydrogens is 236 g/mol. The third-order valence-electron chi connectivity index (χ3n) is 3.89. The van der Waals surface area contributed by atoms with E-state index in [0.717, 1.165) is 19.4 Å². The molecule has 2 atom stereocenters. The smallest absolute Gasteiger partial charge is 0.115 e. The monoisotopic (exact) mass is 264 g/mol. The Morgan fingerprint density at radius 2 is 1.74 bits per heavy atom. The second kappa shape index (κ2) is 7.51. The van der Waals surface area contributed by atoms with Crippen LogP contribution in [0.4, 0.5) is 0 Å². The Morgan fingerprint density at radius 1 is 1.16 bits per heavy atom. The van der Waals surface area contributed by atoms with Gasteiger partial charge in [0.25, 0.3) is 0 Å². The molecule has 3 N–H and O–H groups in total. The lowest BCUT2D eigenvalue weighted by molar-refractivity contribution is 0.239. The first-order valence-electron chi connectivity index (χ1n) is 7.14. The normalized spacial score (nSPS) is 14.9. The molecule has 1 aromatic carbocycles. The highest BCUT2D eigenvalue weighted by Crippen LogP contribution is 2.13. The number of nitrogens with two attached hydrogens (primary N) is 1. The molecule has 1 rings (SSSR count). The molecule has 0 aliphatic heterocycles. The lowest BCUT2D eigenvalue weighted by atomic mass is 10.0. The fourth-order valence-corrected chi connectivity index (χ4v) is 2.04. The van der Waals surface area contributed by atoms with Crippen LogP contribution in [0.25, 0.3) is 0 Å². The summed E-state index contributed by atoms with van der Waals surface area (Å²) < 4.78 is 0. The van der Waals surface area contributed by atoms with Crippen LogP contribution >= 0.6 is 0 Å². The maximum absolute atomic E-state index is 9.27. The first-order chi connectivity index (χ1) is 8.90. The highest BCUT2D eigenvalue weighted by molar-refractivity contribution is 5.26. The predicted molar refractivity (Wildman–Crippen MR) is 81.3 cm³/mol. The van der Waals surface area contributed by atoms with E-state index in [1.165, 1.54) is 5.56 Å². The summed E-state index contributed by atoms with van der Waals surface area (Å²) in [4.78, 5) is 2.36. The van der Waals surface area contributed by atoms with Crippen LogP contribution < -0.4 is 5.73 Å². The van der Waals surface area contributed by atoms with Gasteiger partial charge in [0.1, 0.15) is 5.75 Å². The molecule has 0 amide bonds. The summed E-state index contributed by atoms with van der Waals surface area (Å²) in [7, 11) is 2.15. The van der Waals surface area contributed by atoms with Crippen molar-refractivity contribution in [1.29, 1.82) is 0 Å². The Morgan fingerprint density at radius 3 is 2.26 bits per heavy atom. The molecular formula is C16H28N2O. The van der Waals surface area contributed by atoms with Crippen molar-refractivity contribution in [2.45, 2.75) is 45.7 Å². The SMILES string of the molecule is CC(C)C(N)CCN(C)C(C)Cc1ccc(O)cc1. The fraction of sp³-hybridized carbons (Fsp3) is 0.625. The molecule has 3 heteroatoms. The Bertz CT molecular complexity index is 362. The topological polar surface area (TPSA) is 49.5 Å². The summed E-state index contributed by atoms with van der Waals surface area (Å²) in [5, 5.41) is 9.27. The van der Waals surface area contributed by atoms with Gasteiger partial charge < -0.3 is 15.7 Å². The molecule has 0 heterocycles. The number of nitrogens with zero attached hydrogens (tertiary/aromatic N) is 1. The number of hydrogen-bond donors (Lipinski definition) is 2. The van der Waals surface area contributed by atoms with Gasteiger partial charge in [-0.2, -0.15) is 0 Å². The molecule has 0 saturated heterocycles. The van der Waals surface area contributed by atoms with Crippen molar-refractivity contribution in [3.63, 3.8) is 0 Å². The van der Waals surface area contributed by atoms with Crippen LogP contribution in [0, 0.1) is 5.92 Å². The van der Waals surface area contributed by atoms with Crippen LogP contribution in [0.1, 0.15) is 32.8 Å². The van der Waals surface area contributed by atoms with Gasteiger partial charge in [0.2, 0.25) is 0 Å². The molecule has 3 nitrogen and oxygen atoms in total. The van der Waals surface area contributed by atoms with E-state index in [1.54, 1.807) is 12.1 Å². The lowest BCUT2D eigenvalue weighted by Gasteiger charge is -2.27. The van der Waals surface area contributed by atoms with Gasteiger partial charge in [-0.1, -0.05) is 26.0 Å². The summed E-state index contributed by atoms with van der Waals surface area (Å²) >= 11 is 0. The molecule has 2 unspecified atom stereocenters. The molecule has 0 aliphatic carbocycles. The number of phenolic OH excluding ortho intramolecular Hbond substituents is 1. The van der Waals surface area contributed by atoms with Crippen molar-refractivity contribution in [1.82, 2.24) is 4.90 Å². The predicted octanol–water partition coefficient (Wildman–Crippen LogP) is 2.63. The van der Waals surface area contributed by atoms with E-state index in [-0.39, 0.29) is 6.04 Å². The molecule has 0 fully saturated rings. The number of hydrogen-bond acceptors (Lipinski definition) is 3. The van der Waals surface area contributed by atoms with Gasteiger partial charge in [0.05, 0.1) is 0 Å². The zero-order chi connectivity index (χ0) is 14.4. The summed E-state index contributed by atoms with van der Waals surface area (Å²) in [6.45, 7) is 7.60. The number of rotatable bonds is 7. The Balaban J connectivity index is 2.40. The molecule has 0 radical (unpaired) electrons. The van der Waals surface area contributed by atoms with E-state index in [4.69, 9.17) is 5.73 Å². The van der Waals surface area contributed by atoms with E-state index < -0.39 is 0 Å². The Kier molecular flexibility index (Phi) is 6.32. The van der Waals surface area contributed by atoms with Gasteiger partial charge in [-0.15, -0.1) is 0 Å². The largest absolute Gasteiger partial charge is 0.508 e. The maximum atomic E-state index is 9.27. The number of aromatic hydroxyl groups is 1. The van der Waals surface area contributed by atoms with Crippen molar-refractivity contribution in [3.8, 4) is 5.75 Å².